The second-order valence-electron chi connectivity index (χ2n) is 4.66. The molecule has 1 rings (SSSR count). The van der Waals surface area contributed by atoms with E-state index in [1.807, 2.05) is 6.07 Å². The molecule has 0 saturated carbocycles. The third kappa shape index (κ3) is 5.05. The molecule has 0 radical (unpaired) electrons. The molecular weight excluding hydrogens is 227 g/mol. The molecule has 0 aliphatic carbocycles. The standard InChI is InChI=1S/C15H25FN2/c1-4-17-13(3)8-7-11-18(5-2)15-10-6-9-14(16)12-15/h6,9-10,12-13,17H,4-5,7-8,11H2,1-3H3. The maximum absolute atomic E-state index is 13.2. The van der Waals surface area contributed by atoms with Crippen LogP contribution in [0.2, 0.25) is 0 Å². The van der Waals surface area contributed by atoms with Gasteiger partial charge in [0.15, 0.2) is 0 Å². The molecule has 1 N–H and O–H groups in total. The largest absolute Gasteiger partial charge is 0.372 e. The summed E-state index contributed by atoms with van der Waals surface area (Å²) in [5.41, 5.74) is 0.980. The first-order chi connectivity index (χ1) is 8.67. The van der Waals surface area contributed by atoms with Crippen LogP contribution >= 0.6 is 0 Å². The van der Waals surface area contributed by atoms with Gasteiger partial charge in [-0.3, -0.25) is 0 Å². The molecule has 0 heterocycles. The minimum Gasteiger partial charge on any atom is -0.372 e. The molecule has 0 aliphatic rings. The topological polar surface area (TPSA) is 15.3 Å². The second kappa shape index (κ2) is 8.09. The zero-order valence-electron chi connectivity index (χ0n) is 11.7. The maximum atomic E-state index is 13.2. The summed E-state index contributed by atoms with van der Waals surface area (Å²) in [6.45, 7) is 9.36. The van der Waals surface area contributed by atoms with Gasteiger partial charge in [0.2, 0.25) is 0 Å². The molecule has 0 aromatic heterocycles. The summed E-state index contributed by atoms with van der Waals surface area (Å²) in [4.78, 5) is 2.22. The lowest BCUT2D eigenvalue weighted by Gasteiger charge is -2.24. The molecule has 1 aromatic rings. The van der Waals surface area contributed by atoms with Crippen LogP contribution in [-0.2, 0) is 0 Å². The average Bonchev–Trinajstić information content (AvgIpc) is 2.35. The van der Waals surface area contributed by atoms with Crippen LogP contribution < -0.4 is 10.2 Å². The predicted molar refractivity (Wildman–Crippen MR) is 76.7 cm³/mol. The Morgan fingerprint density at radius 3 is 2.72 bits per heavy atom. The summed E-state index contributed by atoms with van der Waals surface area (Å²) < 4.78 is 13.2. The molecule has 0 bridgehead atoms. The van der Waals surface area contributed by atoms with E-state index in [0.717, 1.165) is 38.2 Å². The van der Waals surface area contributed by atoms with Gasteiger partial charge >= 0.3 is 0 Å². The molecule has 0 amide bonds. The third-order valence-corrected chi connectivity index (χ3v) is 3.17. The van der Waals surface area contributed by atoms with Crippen molar-refractivity contribution >= 4 is 5.69 Å². The zero-order chi connectivity index (χ0) is 13.4. The average molecular weight is 252 g/mol. The number of hydrogen-bond acceptors (Lipinski definition) is 2. The predicted octanol–water partition coefficient (Wildman–Crippen LogP) is 3.43. The van der Waals surface area contributed by atoms with Gasteiger partial charge in [-0.2, -0.15) is 0 Å². The van der Waals surface area contributed by atoms with E-state index in [1.54, 1.807) is 12.1 Å². The molecule has 2 nitrogen and oxygen atoms in total. The molecule has 0 aliphatic heterocycles. The maximum Gasteiger partial charge on any atom is 0.125 e. The van der Waals surface area contributed by atoms with Crippen molar-refractivity contribution in [2.24, 2.45) is 0 Å². The van der Waals surface area contributed by atoms with Crippen molar-refractivity contribution in [3.05, 3.63) is 30.1 Å². The highest BCUT2D eigenvalue weighted by Crippen LogP contribution is 2.16. The summed E-state index contributed by atoms with van der Waals surface area (Å²) in [6.07, 6.45) is 2.28. The minimum atomic E-state index is -0.160. The summed E-state index contributed by atoms with van der Waals surface area (Å²) in [7, 11) is 0. The van der Waals surface area contributed by atoms with Crippen molar-refractivity contribution in [2.45, 2.75) is 39.7 Å². The van der Waals surface area contributed by atoms with Gasteiger partial charge in [0, 0.05) is 24.8 Å². The van der Waals surface area contributed by atoms with E-state index < -0.39 is 0 Å². The third-order valence-electron chi connectivity index (χ3n) is 3.17. The van der Waals surface area contributed by atoms with Crippen molar-refractivity contribution in [1.82, 2.24) is 5.32 Å². The van der Waals surface area contributed by atoms with E-state index in [0.29, 0.717) is 6.04 Å². The van der Waals surface area contributed by atoms with Crippen LogP contribution in [0.4, 0.5) is 10.1 Å². The normalized spacial score (nSPS) is 12.4. The smallest absolute Gasteiger partial charge is 0.125 e. The lowest BCUT2D eigenvalue weighted by atomic mass is 10.1. The lowest BCUT2D eigenvalue weighted by molar-refractivity contribution is 0.511. The number of halogens is 1. The van der Waals surface area contributed by atoms with Crippen LogP contribution in [0, 0.1) is 5.82 Å². The van der Waals surface area contributed by atoms with E-state index in [4.69, 9.17) is 0 Å². The van der Waals surface area contributed by atoms with Crippen LogP contribution in [0.3, 0.4) is 0 Å². The van der Waals surface area contributed by atoms with Gasteiger partial charge in [0.05, 0.1) is 0 Å². The van der Waals surface area contributed by atoms with Crippen molar-refractivity contribution in [1.29, 1.82) is 0 Å². The van der Waals surface area contributed by atoms with Crippen LogP contribution in [0.15, 0.2) is 24.3 Å². The number of nitrogens with zero attached hydrogens (tertiary/aromatic N) is 1. The van der Waals surface area contributed by atoms with Gasteiger partial charge in [0.1, 0.15) is 5.82 Å². The molecule has 1 unspecified atom stereocenters. The summed E-state index contributed by atoms with van der Waals surface area (Å²) >= 11 is 0. The van der Waals surface area contributed by atoms with Gasteiger partial charge in [-0.05, 0) is 51.4 Å². The Morgan fingerprint density at radius 1 is 1.33 bits per heavy atom. The minimum absolute atomic E-state index is 0.160. The SMILES string of the molecule is CCNC(C)CCCN(CC)c1cccc(F)c1. The van der Waals surface area contributed by atoms with E-state index in [1.165, 1.54) is 6.07 Å². The Morgan fingerprint density at radius 2 is 2.11 bits per heavy atom. The summed E-state index contributed by atoms with van der Waals surface area (Å²) in [6, 6.07) is 7.40. The number of benzene rings is 1. The van der Waals surface area contributed by atoms with E-state index in [9.17, 15) is 4.39 Å². The quantitative estimate of drug-likeness (QED) is 0.762. The summed E-state index contributed by atoms with van der Waals surface area (Å²) in [5, 5.41) is 3.41. The molecule has 18 heavy (non-hydrogen) atoms. The molecule has 0 fully saturated rings. The fourth-order valence-corrected chi connectivity index (χ4v) is 2.18. The molecule has 3 heteroatoms. The van der Waals surface area contributed by atoms with Gasteiger partial charge < -0.3 is 10.2 Å². The van der Waals surface area contributed by atoms with Gasteiger partial charge in [0.25, 0.3) is 0 Å². The first kappa shape index (κ1) is 15.0. The summed E-state index contributed by atoms with van der Waals surface area (Å²) in [5.74, 6) is -0.160. The van der Waals surface area contributed by atoms with Gasteiger partial charge in [-0.15, -0.1) is 0 Å². The first-order valence-corrected chi connectivity index (χ1v) is 6.91. The molecule has 1 aromatic carbocycles. The Balaban J connectivity index is 2.43. The fraction of sp³-hybridized carbons (Fsp3) is 0.600. The number of anilines is 1. The van der Waals surface area contributed by atoms with Gasteiger partial charge in [-0.1, -0.05) is 13.0 Å². The molecular formula is C15H25FN2. The van der Waals surface area contributed by atoms with Crippen molar-refractivity contribution < 1.29 is 4.39 Å². The van der Waals surface area contributed by atoms with Crippen LogP contribution in [-0.4, -0.2) is 25.7 Å². The van der Waals surface area contributed by atoms with Crippen molar-refractivity contribution in [3.8, 4) is 0 Å². The van der Waals surface area contributed by atoms with Crippen LogP contribution in [0.1, 0.15) is 33.6 Å². The monoisotopic (exact) mass is 252 g/mol. The van der Waals surface area contributed by atoms with Crippen LogP contribution in [0.25, 0.3) is 0 Å². The Labute approximate surface area is 110 Å². The Hall–Kier alpha value is -1.09. The lowest BCUT2D eigenvalue weighted by Crippen LogP contribution is -2.28. The van der Waals surface area contributed by atoms with E-state index >= 15 is 0 Å². The van der Waals surface area contributed by atoms with Gasteiger partial charge in [-0.25, -0.2) is 4.39 Å². The molecule has 102 valence electrons. The van der Waals surface area contributed by atoms with E-state index in [2.05, 4.69) is 31.0 Å². The van der Waals surface area contributed by atoms with Crippen LogP contribution in [0.5, 0.6) is 0 Å². The Bertz CT molecular complexity index is 341. The van der Waals surface area contributed by atoms with Crippen molar-refractivity contribution in [3.63, 3.8) is 0 Å². The highest BCUT2D eigenvalue weighted by molar-refractivity contribution is 5.46. The molecule has 1 atom stereocenters. The molecule has 0 spiro atoms. The number of rotatable bonds is 8. The first-order valence-electron chi connectivity index (χ1n) is 6.91. The number of nitrogens with one attached hydrogen (secondary N) is 1. The molecule has 0 saturated heterocycles. The fourth-order valence-electron chi connectivity index (χ4n) is 2.18. The highest BCUT2D eigenvalue weighted by atomic mass is 19.1. The second-order valence-corrected chi connectivity index (χ2v) is 4.66. The Kier molecular flexibility index (Phi) is 6.73. The number of hydrogen-bond donors (Lipinski definition) is 1. The van der Waals surface area contributed by atoms with E-state index in [-0.39, 0.29) is 5.82 Å². The highest BCUT2D eigenvalue weighted by Gasteiger charge is 2.06. The zero-order valence-corrected chi connectivity index (χ0v) is 11.7. The van der Waals surface area contributed by atoms with Crippen molar-refractivity contribution in [2.75, 3.05) is 24.5 Å².